The average molecular weight is 672 g/mol. The van der Waals surface area contributed by atoms with E-state index in [9.17, 15) is 22.0 Å². The minimum atomic E-state index is -4.88. The fourth-order valence-corrected chi connectivity index (χ4v) is 8.07. The topological polar surface area (TPSA) is 102 Å². The maximum absolute atomic E-state index is 16.7. The third-order valence-corrected chi connectivity index (χ3v) is 9.95. The molecular weight excluding hydrogens is 640 g/mol. The summed E-state index contributed by atoms with van der Waals surface area (Å²) in [7, 11) is 0. The highest BCUT2D eigenvalue weighted by atomic mass is 35.5. The summed E-state index contributed by atoms with van der Waals surface area (Å²) in [6, 6.07) is 2.60. The van der Waals surface area contributed by atoms with Crippen molar-refractivity contribution in [2.24, 2.45) is 0 Å². The molecule has 1 aromatic carbocycles. The number of hydrogen-bond acceptors (Lipinski definition) is 9. The fraction of sp³-hybridized carbons (Fsp3) is 0.567. The Kier molecular flexibility index (Phi) is 7.88. The van der Waals surface area contributed by atoms with Crippen LogP contribution in [0.5, 0.6) is 6.01 Å². The van der Waals surface area contributed by atoms with Gasteiger partial charge in [-0.2, -0.15) is 31.9 Å². The predicted molar refractivity (Wildman–Crippen MR) is 159 cm³/mol. The third-order valence-electron chi connectivity index (χ3n) is 9.65. The Morgan fingerprint density at radius 1 is 1.13 bits per heavy atom. The highest BCUT2D eigenvalue weighted by molar-refractivity contribution is 6.34. The molecule has 0 amide bonds. The van der Waals surface area contributed by atoms with Crippen molar-refractivity contribution in [1.82, 2.24) is 25.2 Å². The minimum absolute atomic E-state index is 0.0319. The van der Waals surface area contributed by atoms with Gasteiger partial charge in [0.2, 0.25) is 0 Å². The Balaban J connectivity index is 1.33. The summed E-state index contributed by atoms with van der Waals surface area (Å²) in [6.45, 7) is 0.473. The second kappa shape index (κ2) is 11.5. The molecular formula is C30H32ClF6N7O2. The lowest BCUT2D eigenvalue weighted by atomic mass is 9.94. The molecule has 46 heavy (non-hydrogen) atoms. The zero-order chi connectivity index (χ0) is 32.5. The summed E-state index contributed by atoms with van der Waals surface area (Å²) in [5.74, 6) is -1.01. The van der Waals surface area contributed by atoms with E-state index in [1.807, 2.05) is 4.90 Å². The second-order valence-electron chi connectivity index (χ2n) is 12.7. The molecule has 4 aliphatic heterocycles. The van der Waals surface area contributed by atoms with Gasteiger partial charge in [0.15, 0.2) is 5.82 Å². The summed E-state index contributed by atoms with van der Waals surface area (Å²) in [5.41, 5.74) is 2.21. The molecule has 2 unspecified atom stereocenters. The van der Waals surface area contributed by atoms with E-state index in [0.29, 0.717) is 44.8 Å². The first-order valence-corrected chi connectivity index (χ1v) is 15.6. The van der Waals surface area contributed by atoms with Gasteiger partial charge in [-0.15, -0.1) is 0 Å². The lowest BCUT2D eigenvalue weighted by Gasteiger charge is -2.34. The van der Waals surface area contributed by atoms with Crippen LogP contribution < -0.4 is 20.7 Å². The molecule has 7 rings (SSSR count). The lowest BCUT2D eigenvalue weighted by molar-refractivity contribution is -0.159. The van der Waals surface area contributed by atoms with Gasteiger partial charge in [-0.1, -0.05) is 11.6 Å². The summed E-state index contributed by atoms with van der Waals surface area (Å²) in [5, 5.41) is 3.43. The number of fused-ring (bicyclic) bond motifs is 4. The van der Waals surface area contributed by atoms with Crippen LogP contribution in [0.25, 0.3) is 22.2 Å². The first-order chi connectivity index (χ1) is 21.8. The molecule has 6 heterocycles. The Hall–Kier alpha value is -3.14. The molecule has 0 aliphatic carbocycles. The number of pyridine rings is 1. The summed E-state index contributed by atoms with van der Waals surface area (Å²) in [4.78, 5) is 17.0. The van der Waals surface area contributed by atoms with E-state index in [1.165, 1.54) is 13.0 Å². The molecule has 4 aliphatic rings. The van der Waals surface area contributed by atoms with Crippen molar-refractivity contribution in [3.63, 3.8) is 0 Å². The van der Waals surface area contributed by atoms with Crippen LogP contribution in [0.2, 0.25) is 5.02 Å². The molecule has 4 fully saturated rings. The molecule has 4 saturated heterocycles. The predicted octanol–water partition coefficient (Wildman–Crippen LogP) is 5.56. The maximum atomic E-state index is 16.7. The van der Waals surface area contributed by atoms with Crippen molar-refractivity contribution in [2.45, 2.75) is 75.5 Å². The van der Waals surface area contributed by atoms with Gasteiger partial charge in [0.1, 0.15) is 23.8 Å². The van der Waals surface area contributed by atoms with Crippen molar-refractivity contribution >= 4 is 34.1 Å². The van der Waals surface area contributed by atoms with Gasteiger partial charge in [-0.3, -0.25) is 4.90 Å². The van der Waals surface area contributed by atoms with Gasteiger partial charge < -0.3 is 25.4 Å². The summed E-state index contributed by atoms with van der Waals surface area (Å²) >= 11 is 6.57. The van der Waals surface area contributed by atoms with Crippen LogP contribution in [0.3, 0.4) is 0 Å². The molecule has 248 valence electrons. The molecule has 2 aromatic heterocycles. The summed E-state index contributed by atoms with van der Waals surface area (Å²) in [6.07, 6.45) is -1.83. The van der Waals surface area contributed by atoms with Gasteiger partial charge in [0, 0.05) is 37.1 Å². The highest BCUT2D eigenvalue weighted by Gasteiger charge is 2.50. The lowest BCUT2D eigenvalue weighted by Crippen LogP contribution is -2.51. The number of nitrogens with one attached hydrogen (secondary N) is 1. The van der Waals surface area contributed by atoms with E-state index in [4.69, 9.17) is 26.8 Å². The number of hydrogen-bond donors (Lipinski definition) is 2. The number of benzene rings is 1. The second-order valence-corrected chi connectivity index (χ2v) is 13.1. The standard InChI is InChI=1S/C30H32ClF6N7O2/c1-14-7-20(38)40-25(22(14)30(35,36)37)21-19(31)8-18-24(23(21)32)41-28(42-26(18)43-10-15-3-4-16(11-43)39-15)45-13-29-5-2-6-44(29)12-17(9-29)46-27(33)34/h7-8,15-17,27,39H,2-6,9-13H2,1H3,(H2,38,40)/t15?,16?,17-,29-/m0/s1. The molecule has 16 heteroatoms. The Morgan fingerprint density at radius 3 is 2.57 bits per heavy atom. The van der Waals surface area contributed by atoms with E-state index in [1.54, 1.807) is 0 Å². The number of ether oxygens (including phenoxy) is 2. The van der Waals surface area contributed by atoms with Crippen molar-refractivity contribution in [2.75, 3.05) is 43.4 Å². The van der Waals surface area contributed by atoms with E-state index in [0.717, 1.165) is 25.3 Å². The van der Waals surface area contributed by atoms with Crippen molar-refractivity contribution in [1.29, 1.82) is 0 Å². The van der Waals surface area contributed by atoms with Crippen LogP contribution in [-0.4, -0.2) is 83.0 Å². The van der Waals surface area contributed by atoms with Gasteiger partial charge in [-0.25, -0.2) is 9.37 Å². The number of nitrogen functional groups attached to an aromatic ring is 1. The van der Waals surface area contributed by atoms with Crippen LogP contribution in [0, 0.1) is 12.7 Å². The fourth-order valence-electron chi connectivity index (χ4n) is 7.79. The van der Waals surface area contributed by atoms with Crippen molar-refractivity contribution in [3.05, 3.63) is 34.1 Å². The smallest absolute Gasteiger partial charge is 0.418 e. The summed E-state index contributed by atoms with van der Waals surface area (Å²) < 4.78 is 96.4. The Bertz CT molecular complexity index is 1670. The van der Waals surface area contributed by atoms with Crippen LogP contribution in [0.1, 0.15) is 43.2 Å². The van der Waals surface area contributed by atoms with E-state index in [2.05, 4.69) is 25.2 Å². The Morgan fingerprint density at radius 2 is 1.87 bits per heavy atom. The molecule has 0 saturated carbocycles. The maximum Gasteiger partial charge on any atom is 0.418 e. The number of halogens is 7. The van der Waals surface area contributed by atoms with Crippen LogP contribution in [-0.2, 0) is 10.9 Å². The first kappa shape index (κ1) is 31.5. The molecule has 2 bridgehead atoms. The van der Waals surface area contributed by atoms with Gasteiger partial charge in [0.25, 0.3) is 0 Å². The van der Waals surface area contributed by atoms with Crippen LogP contribution >= 0.6 is 11.6 Å². The normalized spacial score (nSPS) is 26.5. The van der Waals surface area contributed by atoms with Gasteiger partial charge in [-0.05, 0) is 63.3 Å². The number of nitrogens with two attached hydrogens (primary N) is 1. The number of alkyl halides is 5. The number of nitrogens with zero attached hydrogens (tertiary/aromatic N) is 5. The molecule has 3 N–H and O–H groups in total. The minimum Gasteiger partial charge on any atom is -0.461 e. The third kappa shape index (κ3) is 5.58. The SMILES string of the molecule is Cc1cc(N)nc(-c2c(Cl)cc3c(N4CC5CCC(C4)N5)nc(OC[C@@]45CCCN4C[C@@H](OC(F)F)C5)nc3c2F)c1C(F)(F)F. The van der Waals surface area contributed by atoms with Crippen LogP contribution in [0.15, 0.2) is 12.1 Å². The molecule has 0 radical (unpaired) electrons. The monoisotopic (exact) mass is 671 g/mol. The number of aryl methyl sites for hydroxylation is 1. The zero-order valence-corrected chi connectivity index (χ0v) is 25.6. The van der Waals surface area contributed by atoms with Gasteiger partial charge >= 0.3 is 18.8 Å². The van der Waals surface area contributed by atoms with E-state index >= 15 is 4.39 Å². The number of rotatable bonds is 7. The number of piperazine rings is 1. The first-order valence-electron chi connectivity index (χ1n) is 15.2. The van der Waals surface area contributed by atoms with E-state index in [-0.39, 0.29) is 52.0 Å². The molecule has 9 nitrogen and oxygen atoms in total. The van der Waals surface area contributed by atoms with Gasteiger partial charge in [0.05, 0.1) is 33.5 Å². The highest BCUT2D eigenvalue weighted by Crippen LogP contribution is 2.45. The Labute approximate surface area is 265 Å². The van der Waals surface area contributed by atoms with Crippen LogP contribution in [0.4, 0.5) is 38.0 Å². The molecule has 3 aromatic rings. The number of aromatic nitrogens is 3. The largest absolute Gasteiger partial charge is 0.461 e. The quantitative estimate of drug-likeness (QED) is 0.313. The zero-order valence-electron chi connectivity index (χ0n) is 24.8. The van der Waals surface area contributed by atoms with Crippen molar-refractivity contribution < 1.29 is 35.8 Å². The van der Waals surface area contributed by atoms with Crippen molar-refractivity contribution in [3.8, 4) is 17.3 Å². The molecule has 4 atom stereocenters. The molecule has 0 spiro atoms. The van der Waals surface area contributed by atoms with E-state index < -0.39 is 47.1 Å². The number of anilines is 2. The average Bonchev–Trinajstić information content (AvgIpc) is 3.61.